The molecule has 1 aliphatic heterocycles. The molecule has 0 unspecified atom stereocenters. The summed E-state index contributed by atoms with van der Waals surface area (Å²) < 4.78 is 5.44. The largest absolute Gasteiger partial charge is 0.379 e. The maximum absolute atomic E-state index is 12.7. The SMILES string of the molecule is O=C(CSc1nc(CN2CCOCC2)nc2ccccc12)Nc1ccc(-c2ccccc2)cc1. The van der Waals surface area contributed by atoms with Gasteiger partial charge in [-0.1, -0.05) is 72.4 Å². The molecule has 1 aliphatic rings. The van der Waals surface area contributed by atoms with Crippen molar-refractivity contribution in [1.29, 1.82) is 0 Å². The summed E-state index contributed by atoms with van der Waals surface area (Å²) in [5.41, 5.74) is 3.96. The number of nitrogens with one attached hydrogen (secondary N) is 1. The van der Waals surface area contributed by atoms with Crippen molar-refractivity contribution in [2.75, 3.05) is 37.4 Å². The zero-order valence-electron chi connectivity index (χ0n) is 18.8. The predicted octanol–water partition coefficient (Wildman–Crippen LogP) is 4.86. The number of hydrogen-bond donors (Lipinski definition) is 1. The molecule has 1 saturated heterocycles. The van der Waals surface area contributed by atoms with Crippen molar-refractivity contribution in [3.8, 4) is 11.1 Å². The van der Waals surface area contributed by atoms with Gasteiger partial charge in [-0.2, -0.15) is 0 Å². The molecular formula is C27H26N4O2S. The fourth-order valence-corrected chi connectivity index (χ4v) is 4.78. The van der Waals surface area contributed by atoms with Gasteiger partial charge in [0.25, 0.3) is 0 Å². The van der Waals surface area contributed by atoms with Crippen molar-refractivity contribution >= 4 is 34.3 Å². The fourth-order valence-electron chi connectivity index (χ4n) is 3.94. The molecule has 0 aliphatic carbocycles. The molecule has 1 amide bonds. The quantitative estimate of drug-likeness (QED) is 0.307. The first-order valence-corrected chi connectivity index (χ1v) is 12.4. The highest BCUT2D eigenvalue weighted by molar-refractivity contribution is 8.00. The third-order valence-corrected chi connectivity index (χ3v) is 6.69. The number of carbonyl (C=O) groups is 1. The monoisotopic (exact) mass is 470 g/mol. The van der Waals surface area contributed by atoms with E-state index in [0.717, 1.165) is 64.9 Å². The van der Waals surface area contributed by atoms with Crippen molar-refractivity contribution in [2.24, 2.45) is 0 Å². The van der Waals surface area contributed by atoms with Gasteiger partial charge in [0.05, 0.1) is 31.0 Å². The molecule has 2 heterocycles. The number of morpholine rings is 1. The van der Waals surface area contributed by atoms with Crippen molar-refractivity contribution < 1.29 is 9.53 Å². The summed E-state index contributed by atoms with van der Waals surface area (Å²) in [7, 11) is 0. The molecule has 172 valence electrons. The van der Waals surface area contributed by atoms with Gasteiger partial charge in [-0.05, 0) is 29.3 Å². The molecule has 5 rings (SSSR count). The summed E-state index contributed by atoms with van der Waals surface area (Å²) in [6, 6.07) is 26.1. The Morgan fingerprint density at radius 2 is 1.59 bits per heavy atom. The third kappa shape index (κ3) is 5.62. The molecule has 1 fully saturated rings. The van der Waals surface area contributed by atoms with Crippen LogP contribution in [-0.2, 0) is 16.1 Å². The van der Waals surface area contributed by atoms with Crippen molar-refractivity contribution in [1.82, 2.24) is 14.9 Å². The van der Waals surface area contributed by atoms with Crippen LogP contribution in [0.25, 0.3) is 22.0 Å². The average Bonchev–Trinajstić information content (AvgIpc) is 2.89. The van der Waals surface area contributed by atoms with Crippen LogP contribution in [-0.4, -0.2) is 52.8 Å². The number of para-hydroxylation sites is 1. The second-order valence-corrected chi connectivity index (χ2v) is 9.09. The van der Waals surface area contributed by atoms with Gasteiger partial charge < -0.3 is 10.1 Å². The van der Waals surface area contributed by atoms with E-state index in [4.69, 9.17) is 14.7 Å². The molecule has 0 radical (unpaired) electrons. The molecule has 0 saturated carbocycles. The summed E-state index contributed by atoms with van der Waals surface area (Å²) in [5.74, 6) is 0.994. The Morgan fingerprint density at radius 3 is 2.38 bits per heavy atom. The number of ether oxygens (including phenoxy) is 1. The van der Waals surface area contributed by atoms with Crippen LogP contribution in [0.2, 0.25) is 0 Å². The Morgan fingerprint density at radius 1 is 0.882 bits per heavy atom. The van der Waals surface area contributed by atoms with Gasteiger partial charge >= 0.3 is 0 Å². The number of benzene rings is 3. The van der Waals surface area contributed by atoms with Crippen LogP contribution in [0.3, 0.4) is 0 Å². The summed E-state index contributed by atoms with van der Waals surface area (Å²) in [6.07, 6.45) is 0. The maximum Gasteiger partial charge on any atom is 0.234 e. The normalized spacial score (nSPS) is 14.2. The summed E-state index contributed by atoms with van der Waals surface area (Å²) in [6.45, 7) is 3.92. The van der Waals surface area contributed by atoms with E-state index in [0.29, 0.717) is 6.54 Å². The molecule has 1 aromatic heterocycles. The smallest absolute Gasteiger partial charge is 0.234 e. The van der Waals surface area contributed by atoms with Gasteiger partial charge in [-0.25, -0.2) is 9.97 Å². The first-order valence-electron chi connectivity index (χ1n) is 11.4. The Labute approximate surface area is 203 Å². The van der Waals surface area contributed by atoms with Crippen LogP contribution in [0.15, 0.2) is 83.9 Å². The molecule has 1 N–H and O–H groups in total. The van der Waals surface area contributed by atoms with Gasteiger partial charge in [-0.3, -0.25) is 9.69 Å². The zero-order chi connectivity index (χ0) is 23.2. The van der Waals surface area contributed by atoms with E-state index in [9.17, 15) is 4.79 Å². The third-order valence-electron chi connectivity index (χ3n) is 5.70. The second-order valence-electron chi connectivity index (χ2n) is 8.13. The van der Waals surface area contributed by atoms with Crippen molar-refractivity contribution in [2.45, 2.75) is 11.6 Å². The molecule has 6 nitrogen and oxygen atoms in total. The number of aromatic nitrogens is 2. The number of fused-ring (bicyclic) bond motifs is 1. The number of nitrogens with zero attached hydrogens (tertiary/aromatic N) is 3. The summed E-state index contributed by atoms with van der Waals surface area (Å²) in [4.78, 5) is 24.5. The van der Waals surface area contributed by atoms with Crippen LogP contribution >= 0.6 is 11.8 Å². The van der Waals surface area contributed by atoms with E-state index in [-0.39, 0.29) is 11.7 Å². The Bertz CT molecular complexity index is 1260. The molecule has 0 spiro atoms. The van der Waals surface area contributed by atoms with Crippen LogP contribution in [0, 0.1) is 0 Å². The summed E-state index contributed by atoms with van der Waals surface area (Å²) >= 11 is 1.45. The average molecular weight is 471 g/mol. The Hall–Kier alpha value is -3.26. The Balaban J connectivity index is 1.25. The highest BCUT2D eigenvalue weighted by Gasteiger charge is 2.15. The van der Waals surface area contributed by atoms with Gasteiger partial charge in [0, 0.05) is 24.2 Å². The van der Waals surface area contributed by atoms with E-state index >= 15 is 0 Å². The number of rotatable bonds is 7. The summed E-state index contributed by atoms with van der Waals surface area (Å²) in [5, 5.41) is 4.80. The number of anilines is 1. The zero-order valence-corrected chi connectivity index (χ0v) is 19.6. The van der Waals surface area contributed by atoms with Crippen LogP contribution in [0.5, 0.6) is 0 Å². The lowest BCUT2D eigenvalue weighted by Gasteiger charge is -2.25. The first kappa shape index (κ1) is 22.5. The number of hydrogen-bond acceptors (Lipinski definition) is 6. The van der Waals surface area contributed by atoms with Gasteiger partial charge in [0.2, 0.25) is 5.91 Å². The molecule has 3 aromatic carbocycles. The van der Waals surface area contributed by atoms with Gasteiger partial charge in [0.1, 0.15) is 10.9 Å². The van der Waals surface area contributed by atoms with E-state index in [1.807, 2.05) is 66.7 Å². The minimum absolute atomic E-state index is 0.0603. The Kier molecular flexibility index (Phi) is 7.14. The van der Waals surface area contributed by atoms with Crippen molar-refractivity contribution in [3.05, 3.63) is 84.7 Å². The first-order chi connectivity index (χ1) is 16.7. The molecule has 4 aromatic rings. The minimum atomic E-state index is -0.0603. The standard InChI is InChI=1S/C27H26N4O2S/c32-26(28-22-12-10-21(11-13-22)20-6-2-1-3-7-20)19-34-27-23-8-4-5-9-24(23)29-25(30-27)18-31-14-16-33-17-15-31/h1-13H,14-19H2,(H,28,32). The topological polar surface area (TPSA) is 67.4 Å². The predicted molar refractivity (Wildman–Crippen MR) is 137 cm³/mol. The fraction of sp³-hybridized carbons (Fsp3) is 0.222. The van der Waals surface area contributed by atoms with E-state index in [2.05, 4.69) is 22.3 Å². The lowest BCUT2D eigenvalue weighted by atomic mass is 10.1. The van der Waals surface area contributed by atoms with Gasteiger partial charge in [0.15, 0.2) is 0 Å². The number of carbonyl (C=O) groups excluding carboxylic acids is 1. The van der Waals surface area contributed by atoms with Crippen LogP contribution < -0.4 is 5.32 Å². The van der Waals surface area contributed by atoms with Gasteiger partial charge in [-0.15, -0.1) is 0 Å². The lowest BCUT2D eigenvalue weighted by molar-refractivity contribution is -0.113. The van der Waals surface area contributed by atoms with E-state index < -0.39 is 0 Å². The van der Waals surface area contributed by atoms with E-state index in [1.165, 1.54) is 11.8 Å². The molecule has 34 heavy (non-hydrogen) atoms. The highest BCUT2D eigenvalue weighted by atomic mass is 32.2. The number of amides is 1. The molecule has 0 atom stereocenters. The van der Waals surface area contributed by atoms with E-state index in [1.54, 1.807) is 0 Å². The highest BCUT2D eigenvalue weighted by Crippen LogP contribution is 2.26. The molecular weight excluding hydrogens is 444 g/mol. The maximum atomic E-state index is 12.7. The number of thioether (sulfide) groups is 1. The minimum Gasteiger partial charge on any atom is -0.379 e. The van der Waals surface area contributed by atoms with Crippen LogP contribution in [0.1, 0.15) is 5.82 Å². The molecule has 7 heteroatoms. The van der Waals surface area contributed by atoms with Crippen molar-refractivity contribution in [3.63, 3.8) is 0 Å². The lowest BCUT2D eigenvalue weighted by Crippen LogP contribution is -2.36. The molecule has 0 bridgehead atoms. The van der Waals surface area contributed by atoms with Crippen LogP contribution in [0.4, 0.5) is 5.69 Å². The second kappa shape index (κ2) is 10.8.